The summed E-state index contributed by atoms with van der Waals surface area (Å²) in [4.78, 5) is 35.2. The Morgan fingerprint density at radius 1 is 1.21 bits per heavy atom. The number of carbonyl (C=O) groups excluding carboxylic acids is 2. The smallest absolute Gasteiger partial charge is 0.395 e. The second kappa shape index (κ2) is 6.95. The van der Waals surface area contributed by atoms with Crippen LogP contribution in [0.2, 0.25) is 0 Å². The van der Waals surface area contributed by atoms with E-state index in [0.29, 0.717) is 5.69 Å². The number of rotatable bonds is 5. The van der Waals surface area contributed by atoms with Crippen molar-refractivity contribution in [3.05, 3.63) is 57.3 Å². The number of benzene rings is 1. The van der Waals surface area contributed by atoms with Gasteiger partial charge >= 0.3 is 5.88 Å². The molecule has 0 saturated carbocycles. The molecule has 1 aromatic heterocycles. The zero-order valence-corrected chi connectivity index (χ0v) is 13.5. The van der Waals surface area contributed by atoms with Crippen LogP contribution in [0.15, 0.2) is 34.7 Å². The van der Waals surface area contributed by atoms with Gasteiger partial charge < -0.3 is 14.6 Å². The fraction of sp³-hybridized carbons (Fsp3) is 0.250. The van der Waals surface area contributed by atoms with Crippen LogP contribution in [0.4, 0.5) is 11.6 Å². The van der Waals surface area contributed by atoms with Crippen LogP contribution in [-0.4, -0.2) is 35.2 Å². The highest BCUT2D eigenvalue weighted by Gasteiger charge is 2.22. The molecule has 1 heterocycles. The van der Waals surface area contributed by atoms with Crippen molar-refractivity contribution >= 4 is 23.4 Å². The van der Waals surface area contributed by atoms with E-state index in [9.17, 15) is 19.7 Å². The topological polar surface area (TPSA) is 106 Å². The fourth-order valence-corrected chi connectivity index (χ4v) is 2.21. The third-order valence-electron chi connectivity index (χ3n) is 3.46. The first kappa shape index (κ1) is 17.2. The number of para-hydroxylation sites is 1. The quantitative estimate of drug-likeness (QED) is 0.669. The van der Waals surface area contributed by atoms with Crippen molar-refractivity contribution in [3.8, 4) is 0 Å². The van der Waals surface area contributed by atoms with E-state index >= 15 is 0 Å². The molecule has 1 aromatic carbocycles. The Bertz CT molecular complexity index is 777. The molecule has 0 spiro atoms. The normalized spacial score (nSPS) is 10.3. The number of hydrogen-bond acceptors (Lipinski definition) is 5. The third kappa shape index (κ3) is 3.78. The Kier molecular flexibility index (Phi) is 4.98. The molecule has 0 radical (unpaired) electrons. The lowest BCUT2D eigenvalue weighted by Gasteiger charge is -2.17. The van der Waals surface area contributed by atoms with Gasteiger partial charge in [0.15, 0.2) is 5.76 Å². The zero-order valence-electron chi connectivity index (χ0n) is 13.5. The minimum Gasteiger partial charge on any atom is -0.395 e. The van der Waals surface area contributed by atoms with Gasteiger partial charge in [-0.25, -0.2) is 0 Å². The minimum atomic E-state index is -0.732. The first-order valence-electron chi connectivity index (χ1n) is 7.15. The van der Waals surface area contributed by atoms with Gasteiger partial charge in [-0.15, -0.1) is 0 Å². The maximum absolute atomic E-state index is 12.1. The van der Waals surface area contributed by atoms with Crippen molar-refractivity contribution in [3.63, 3.8) is 0 Å². The molecule has 2 amide bonds. The summed E-state index contributed by atoms with van der Waals surface area (Å²) in [6.07, 6.45) is 0. The second-order valence-electron chi connectivity index (χ2n) is 5.37. The molecule has 0 bridgehead atoms. The van der Waals surface area contributed by atoms with Crippen molar-refractivity contribution in [1.82, 2.24) is 4.90 Å². The van der Waals surface area contributed by atoms with E-state index in [1.165, 1.54) is 13.1 Å². The monoisotopic (exact) mass is 331 g/mol. The molecule has 0 saturated heterocycles. The molecule has 0 unspecified atom stereocenters. The Morgan fingerprint density at radius 2 is 1.83 bits per heavy atom. The number of nitro groups is 1. The Balaban J connectivity index is 2.02. The van der Waals surface area contributed by atoms with Crippen molar-refractivity contribution in [2.75, 3.05) is 18.9 Å². The molecule has 8 heteroatoms. The summed E-state index contributed by atoms with van der Waals surface area (Å²) >= 11 is 0. The lowest BCUT2D eigenvalue weighted by atomic mass is 10.1. The molecule has 0 aliphatic carbocycles. The van der Waals surface area contributed by atoms with Gasteiger partial charge in [0.2, 0.25) is 5.91 Å². The fourth-order valence-electron chi connectivity index (χ4n) is 2.21. The summed E-state index contributed by atoms with van der Waals surface area (Å²) < 4.78 is 4.84. The van der Waals surface area contributed by atoms with Gasteiger partial charge in [-0.3, -0.25) is 19.7 Å². The number of aryl methyl sites for hydroxylation is 2. The van der Waals surface area contributed by atoms with Crippen LogP contribution in [0.3, 0.4) is 0 Å². The van der Waals surface area contributed by atoms with Crippen LogP contribution in [0.25, 0.3) is 0 Å². The molecule has 126 valence electrons. The molecule has 0 fully saturated rings. The van der Waals surface area contributed by atoms with E-state index in [-0.39, 0.29) is 18.2 Å². The molecule has 1 N–H and O–H groups in total. The number of furan rings is 1. The number of amides is 2. The van der Waals surface area contributed by atoms with Crippen LogP contribution in [0, 0.1) is 24.0 Å². The number of carbonyl (C=O) groups is 2. The van der Waals surface area contributed by atoms with E-state index in [2.05, 4.69) is 5.32 Å². The molecule has 2 rings (SSSR count). The SMILES string of the molecule is Cc1cccc(C)c1NC(=O)CN(C)C(=O)c1ccc([N+](=O)[O-])o1. The van der Waals surface area contributed by atoms with Crippen molar-refractivity contribution in [2.24, 2.45) is 0 Å². The molecule has 8 nitrogen and oxygen atoms in total. The molecule has 2 aromatic rings. The van der Waals surface area contributed by atoms with Gasteiger partial charge in [-0.1, -0.05) is 18.2 Å². The molecule has 24 heavy (non-hydrogen) atoms. The van der Waals surface area contributed by atoms with Crippen LogP contribution in [0.1, 0.15) is 21.7 Å². The van der Waals surface area contributed by atoms with Crippen LogP contribution in [-0.2, 0) is 4.79 Å². The number of nitrogens with zero attached hydrogens (tertiary/aromatic N) is 2. The Labute approximate surface area is 138 Å². The Morgan fingerprint density at radius 3 is 2.38 bits per heavy atom. The molecule has 0 aliphatic rings. The van der Waals surface area contributed by atoms with Gasteiger partial charge in [0.05, 0.1) is 12.6 Å². The number of anilines is 1. The summed E-state index contributed by atoms with van der Waals surface area (Å²) in [5.74, 6) is -1.69. The average Bonchev–Trinajstić information content (AvgIpc) is 3.00. The van der Waals surface area contributed by atoms with Crippen molar-refractivity contribution in [2.45, 2.75) is 13.8 Å². The van der Waals surface area contributed by atoms with Gasteiger partial charge in [0, 0.05) is 12.7 Å². The van der Waals surface area contributed by atoms with Gasteiger partial charge in [-0.2, -0.15) is 0 Å². The predicted molar refractivity (Wildman–Crippen MR) is 86.9 cm³/mol. The lowest BCUT2D eigenvalue weighted by molar-refractivity contribution is -0.402. The number of nitrogens with one attached hydrogen (secondary N) is 1. The first-order valence-corrected chi connectivity index (χ1v) is 7.15. The summed E-state index contributed by atoms with van der Waals surface area (Å²) in [6.45, 7) is 3.54. The summed E-state index contributed by atoms with van der Waals surface area (Å²) in [6, 6.07) is 7.94. The zero-order chi connectivity index (χ0) is 17.9. The van der Waals surface area contributed by atoms with Gasteiger partial charge in [0.25, 0.3) is 5.91 Å². The van der Waals surface area contributed by atoms with Crippen LogP contribution in [0.5, 0.6) is 0 Å². The highest BCUT2D eigenvalue weighted by atomic mass is 16.6. The largest absolute Gasteiger partial charge is 0.433 e. The van der Waals surface area contributed by atoms with Crippen LogP contribution >= 0.6 is 0 Å². The average molecular weight is 331 g/mol. The molecular formula is C16H17N3O5. The van der Waals surface area contributed by atoms with Crippen LogP contribution < -0.4 is 5.32 Å². The predicted octanol–water partition coefficient (Wildman–Crippen LogP) is 2.52. The molecule has 0 aliphatic heterocycles. The van der Waals surface area contributed by atoms with Crippen molar-refractivity contribution < 1.29 is 18.9 Å². The lowest BCUT2D eigenvalue weighted by Crippen LogP contribution is -2.35. The van der Waals surface area contributed by atoms with E-state index in [1.54, 1.807) is 0 Å². The van der Waals surface area contributed by atoms with Gasteiger partial charge in [0.1, 0.15) is 4.92 Å². The third-order valence-corrected chi connectivity index (χ3v) is 3.46. The highest BCUT2D eigenvalue weighted by molar-refractivity contribution is 5.98. The maximum atomic E-state index is 12.1. The standard InChI is InChI=1S/C16H17N3O5/c1-10-5-4-6-11(2)15(10)17-13(20)9-18(3)16(21)12-7-8-14(24-12)19(22)23/h4-8H,9H2,1-3H3,(H,17,20). The number of likely N-dealkylation sites (N-methyl/N-ethyl adjacent to an activating group) is 1. The maximum Gasteiger partial charge on any atom is 0.433 e. The second-order valence-corrected chi connectivity index (χ2v) is 5.37. The van der Waals surface area contributed by atoms with Gasteiger partial charge in [-0.05, 0) is 31.0 Å². The van der Waals surface area contributed by atoms with E-state index in [4.69, 9.17) is 4.42 Å². The highest BCUT2D eigenvalue weighted by Crippen LogP contribution is 2.20. The first-order chi connectivity index (χ1) is 11.3. The molecular weight excluding hydrogens is 314 g/mol. The summed E-state index contributed by atoms with van der Waals surface area (Å²) in [5, 5.41) is 13.3. The number of hydrogen-bond donors (Lipinski definition) is 1. The summed E-state index contributed by atoms with van der Waals surface area (Å²) in [7, 11) is 1.42. The summed E-state index contributed by atoms with van der Waals surface area (Å²) in [5.41, 5.74) is 2.54. The molecule has 0 atom stereocenters. The van der Waals surface area contributed by atoms with E-state index < -0.39 is 16.7 Å². The van der Waals surface area contributed by atoms with E-state index in [1.807, 2.05) is 32.0 Å². The Hall–Kier alpha value is -3.16. The minimum absolute atomic E-state index is 0.191. The van der Waals surface area contributed by atoms with Crippen molar-refractivity contribution in [1.29, 1.82) is 0 Å². The van der Waals surface area contributed by atoms with E-state index in [0.717, 1.165) is 22.1 Å².